The molecule has 92 valence electrons. The Labute approximate surface area is 103 Å². The second-order valence-corrected chi connectivity index (χ2v) is 5.35. The predicted octanol–water partition coefficient (Wildman–Crippen LogP) is 2.34. The second-order valence-electron chi connectivity index (χ2n) is 5.35. The Kier molecular flexibility index (Phi) is 3.06. The lowest BCUT2D eigenvalue weighted by Crippen LogP contribution is -2.11. The van der Waals surface area contributed by atoms with Crippen LogP contribution in [0.1, 0.15) is 29.5 Å². The molecule has 1 heterocycles. The fourth-order valence-corrected chi connectivity index (χ4v) is 3.20. The summed E-state index contributed by atoms with van der Waals surface area (Å²) in [4.78, 5) is 0. The molecule has 1 aliphatic heterocycles. The Bertz CT molecular complexity index is 408. The van der Waals surface area contributed by atoms with Crippen molar-refractivity contribution in [2.75, 3.05) is 20.2 Å². The standard InChI is InChI=1S/C15H21NO/c1-17-15-9-13-4-2-3-12(13)8-14(15)7-11-5-6-16-10-11/h8-9,11,16H,2-7,10H2,1H3. The molecule has 1 fully saturated rings. The SMILES string of the molecule is COc1cc2c(cc1CC1CCNC1)CCC2. The van der Waals surface area contributed by atoms with E-state index in [0.717, 1.165) is 11.7 Å². The number of rotatable bonds is 3. The molecule has 2 heteroatoms. The number of hydrogen-bond donors (Lipinski definition) is 1. The van der Waals surface area contributed by atoms with Crippen LogP contribution in [0.4, 0.5) is 0 Å². The number of hydrogen-bond acceptors (Lipinski definition) is 2. The molecule has 1 atom stereocenters. The Morgan fingerprint density at radius 2 is 2.12 bits per heavy atom. The molecule has 1 aromatic rings. The van der Waals surface area contributed by atoms with Gasteiger partial charge < -0.3 is 10.1 Å². The molecule has 1 aromatic carbocycles. The molecule has 0 saturated carbocycles. The van der Waals surface area contributed by atoms with Gasteiger partial charge in [-0.3, -0.25) is 0 Å². The molecule has 3 rings (SSSR count). The van der Waals surface area contributed by atoms with Crippen molar-refractivity contribution >= 4 is 0 Å². The van der Waals surface area contributed by atoms with Crippen LogP contribution in [0.5, 0.6) is 5.75 Å². The first-order valence-corrected chi connectivity index (χ1v) is 6.76. The lowest BCUT2D eigenvalue weighted by atomic mass is 9.95. The van der Waals surface area contributed by atoms with Crippen molar-refractivity contribution in [1.82, 2.24) is 5.32 Å². The second kappa shape index (κ2) is 4.69. The van der Waals surface area contributed by atoms with Gasteiger partial charge in [-0.15, -0.1) is 0 Å². The van der Waals surface area contributed by atoms with Crippen LogP contribution in [0, 0.1) is 5.92 Å². The van der Waals surface area contributed by atoms with Gasteiger partial charge in [-0.2, -0.15) is 0 Å². The van der Waals surface area contributed by atoms with Crippen LogP contribution in [-0.2, 0) is 19.3 Å². The van der Waals surface area contributed by atoms with Gasteiger partial charge in [-0.25, -0.2) is 0 Å². The zero-order valence-electron chi connectivity index (χ0n) is 10.6. The molecule has 17 heavy (non-hydrogen) atoms. The van der Waals surface area contributed by atoms with E-state index < -0.39 is 0 Å². The monoisotopic (exact) mass is 231 g/mol. The first-order valence-electron chi connectivity index (χ1n) is 6.76. The molecule has 0 amide bonds. The van der Waals surface area contributed by atoms with Crippen molar-refractivity contribution in [3.05, 3.63) is 28.8 Å². The summed E-state index contributed by atoms with van der Waals surface area (Å²) in [7, 11) is 1.80. The first-order chi connectivity index (χ1) is 8.36. The summed E-state index contributed by atoms with van der Waals surface area (Å²) < 4.78 is 5.56. The van der Waals surface area contributed by atoms with Crippen LogP contribution in [0.25, 0.3) is 0 Å². The fourth-order valence-electron chi connectivity index (χ4n) is 3.20. The number of fused-ring (bicyclic) bond motifs is 1. The van der Waals surface area contributed by atoms with Gasteiger partial charge in [0, 0.05) is 0 Å². The number of ether oxygens (including phenoxy) is 1. The summed E-state index contributed by atoms with van der Waals surface area (Å²) in [6.07, 6.45) is 6.28. The third-order valence-electron chi connectivity index (χ3n) is 4.17. The average molecular weight is 231 g/mol. The number of aryl methyl sites for hydroxylation is 2. The van der Waals surface area contributed by atoms with Gasteiger partial charge in [0.05, 0.1) is 7.11 Å². The summed E-state index contributed by atoms with van der Waals surface area (Å²) in [5, 5.41) is 3.44. The molecule has 0 bridgehead atoms. The van der Waals surface area contributed by atoms with E-state index in [-0.39, 0.29) is 0 Å². The van der Waals surface area contributed by atoms with Crippen LogP contribution in [0.2, 0.25) is 0 Å². The molecule has 0 aromatic heterocycles. The Balaban J connectivity index is 1.86. The van der Waals surface area contributed by atoms with E-state index in [1.54, 1.807) is 12.7 Å². The molecular weight excluding hydrogens is 210 g/mol. The Morgan fingerprint density at radius 1 is 1.29 bits per heavy atom. The third-order valence-corrected chi connectivity index (χ3v) is 4.17. The van der Waals surface area contributed by atoms with Crippen molar-refractivity contribution < 1.29 is 4.74 Å². The van der Waals surface area contributed by atoms with Crippen molar-refractivity contribution in [2.24, 2.45) is 5.92 Å². The summed E-state index contributed by atoms with van der Waals surface area (Å²) in [5.74, 6) is 1.90. The van der Waals surface area contributed by atoms with E-state index in [2.05, 4.69) is 17.4 Å². The summed E-state index contributed by atoms with van der Waals surface area (Å²) >= 11 is 0. The minimum absolute atomic E-state index is 0.795. The summed E-state index contributed by atoms with van der Waals surface area (Å²) in [6.45, 7) is 2.35. The third kappa shape index (κ3) is 2.19. The number of methoxy groups -OCH3 is 1. The van der Waals surface area contributed by atoms with Gasteiger partial charge in [-0.1, -0.05) is 6.07 Å². The van der Waals surface area contributed by atoms with Gasteiger partial charge in [0.25, 0.3) is 0 Å². The van der Waals surface area contributed by atoms with Crippen LogP contribution < -0.4 is 10.1 Å². The van der Waals surface area contributed by atoms with Crippen LogP contribution in [0.15, 0.2) is 12.1 Å². The van der Waals surface area contributed by atoms with Gasteiger partial charge in [0.15, 0.2) is 0 Å². The van der Waals surface area contributed by atoms with Crippen molar-refractivity contribution in [3.8, 4) is 5.75 Å². The number of benzene rings is 1. The molecule has 2 aliphatic rings. The minimum atomic E-state index is 0.795. The molecule has 1 N–H and O–H groups in total. The zero-order valence-corrected chi connectivity index (χ0v) is 10.6. The number of nitrogens with one attached hydrogen (secondary N) is 1. The van der Waals surface area contributed by atoms with E-state index in [0.29, 0.717) is 0 Å². The normalized spacial score (nSPS) is 22.8. The molecule has 0 radical (unpaired) electrons. The Hall–Kier alpha value is -1.02. The van der Waals surface area contributed by atoms with Crippen LogP contribution in [-0.4, -0.2) is 20.2 Å². The molecule has 1 saturated heterocycles. The van der Waals surface area contributed by atoms with Gasteiger partial charge >= 0.3 is 0 Å². The van der Waals surface area contributed by atoms with Crippen molar-refractivity contribution in [1.29, 1.82) is 0 Å². The molecule has 1 unspecified atom stereocenters. The highest BCUT2D eigenvalue weighted by atomic mass is 16.5. The quantitative estimate of drug-likeness (QED) is 0.862. The zero-order chi connectivity index (χ0) is 11.7. The maximum absolute atomic E-state index is 5.56. The Morgan fingerprint density at radius 3 is 2.82 bits per heavy atom. The molecule has 0 spiro atoms. The summed E-state index contributed by atoms with van der Waals surface area (Å²) in [5.41, 5.74) is 4.49. The van der Waals surface area contributed by atoms with Crippen LogP contribution in [0.3, 0.4) is 0 Å². The maximum Gasteiger partial charge on any atom is 0.122 e. The predicted molar refractivity (Wildman–Crippen MR) is 69.7 cm³/mol. The maximum atomic E-state index is 5.56. The van der Waals surface area contributed by atoms with E-state index in [1.165, 1.54) is 56.3 Å². The molecular formula is C15H21NO. The lowest BCUT2D eigenvalue weighted by molar-refractivity contribution is 0.405. The highest BCUT2D eigenvalue weighted by Crippen LogP contribution is 2.31. The van der Waals surface area contributed by atoms with Gasteiger partial charge in [0.2, 0.25) is 0 Å². The van der Waals surface area contributed by atoms with E-state index in [4.69, 9.17) is 4.74 Å². The largest absolute Gasteiger partial charge is 0.496 e. The first kappa shape index (κ1) is 11.1. The highest BCUT2D eigenvalue weighted by Gasteiger charge is 2.20. The van der Waals surface area contributed by atoms with E-state index in [9.17, 15) is 0 Å². The average Bonchev–Trinajstić information content (AvgIpc) is 2.98. The highest BCUT2D eigenvalue weighted by molar-refractivity contribution is 5.45. The van der Waals surface area contributed by atoms with Crippen molar-refractivity contribution in [2.45, 2.75) is 32.1 Å². The van der Waals surface area contributed by atoms with E-state index >= 15 is 0 Å². The molecule has 2 nitrogen and oxygen atoms in total. The lowest BCUT2D eigenvalue weighted by Gasteiger charge is -2.14. The molecule has 1 aliphatic carbocycles. The smallest absolute Gasteiger partial charge is 0.122 e. The van der Waals surface area contributed by atoms with Gasteiger partial charge in [-0.05, 0) is 73.9 Å². The topological polar surface area (TPSA) is 21.3 Å². The fraction of sp³-hybridized carbons (Fsp3) is 0.600. The van der Waals surface area contributed by atoms with Crippen LogP contribution >= 0.6 is 0 Å². The summed E-state index contributed by atoms with van der Waals surface area (Å²) in [6, 6.07) is 4.68. The van der Waals surface area contributed by atoms with E-state index in [1.807, 2.05) is 0 Å². The minimum Gasteiger partial charge on any atom is -0.496 e. The van der Waals surface area contributed by atoms with Gasteiger partial charge in [0.1, 0.15) is 5.75 Å². The van der Waals surface area contributed by atoms with Crippen molar-refractivity contribution in [3.63, 3.8) is 0 Å².